The van der Waals surface area contributed by atoms with E-state index in [4.69, 9.17) is 4.98 Å². The molecule has 1 aromatic heterocycles. The lowest BCUT2D eigenvalue weighted by molar-refractivity contribution is 0.660. The zero-order valence-electron chi connectivity index (χ0n) is 25.5. The van der Waals surface area contributed by atoms with Gasteiger partial charge in [0.25, 0.3) is 0 Å². The molecule has 8 rings (SSSR count). The average molecular weight is 576 g/mol. The lowest BCUT2D eigenvalue weighted by Crippen LogP contribution is -2.14. The molecule has 0 aliphatic heterocycles. The highest BCUT2D eigenvalue weighted by molar-refractivity contribution is 5.84. The summed E-state index contributed by atoms with van der Waals surface area (Å²) in [5.41, 5.74) is 17.1. The van der Waals surface area contributed by atoms with Crippen molar-refractivity contribution in [3.05, 3.63) is 175 Å². The first kappa shape index (κ1) is 27.0. The van der Waals surface area contributed by atoms with E-state index >= 15 is 0 Å². The van der Waals surface area contributed by atoms with Crippen LogP contribution in [-0.4, -0.2) is 4.98 Å². The number of aromatic nitrogens is 1. The molecule has 1 aliphatic rings. The van der Waals surface area contributed by atoms with E-state index in [1.54, 1.807) is 0 Å². The van der Waals surface area contributed by atoms with E-state index in [-0.39, 0.29) is 5.41 Å². The summed E-state index contributed by atoms with van der Waals surface area (Å²) in [7, 11) is 0. The van der Waals surface area contributed by atoms with Crippen LogP contribution in [0.1, 0.15) is 25.0 Å². The molecule has 0 spiro atoms. The molecule has 1 nitrogen and oxygen atoms in total. The van der Waals surface area contributed by atoms with Crippen LogP contribution in [0.5, 0.6) is 0 Å². The maximum Gasteiger partial charge on any atom is 0.0702 e. The van der Waals surface area contributed by atoms with E-state index in [1.165, 1.54) is 55.6 Å². The monoisotopic (exact) mass is 575 g/mol. The van der Waals surface area contributed by atoms with Crippen molar-refractivity contribution in [2.45, 2.75) is 19.3 Å². The van der Waals surface area contributed by atoms with Crippen LogP contribution in [0.3, 0.4) is 0 Å². The topological polar surface area (TPSA) is 12.9 Å². The fourth-order valence-corrected chi connectivity index (χ4v) is 6.86. The normalized spacial score (nSPS) is 12.8. The summed E-state index contributed by atoms with van der Waals surface area (Å²) in [5, 5.41) is 0. The van der Waals surface area contributed by atoms with Crippen LogP contribution in [0.4, 0.5) is 0 Å². The molecule has 0 saturated heterocycles. The maximum atomic E-state index is 4.94. The number of benzene rings is 6. The van der Waals surface area contributed by atoms with Crippen molar-refractivity contribution < 1.29 is 0 Å². The number of nitrogens with zero attached hydrogens (tertiary/aromatic N) is 1. The lowest BCUT2D eigenvalue weighted by atomic mass is 9.82. The molecule has 1 aliphatic carbocycles. The van der Waals surface area contributed by atoms with Crippen LogP contribution >= 0.6 is 0 Å². The lowest BCUT2D eigenvalue weighted by Gasteiger charge is -2.21. The summed E-state index contributed by atoms with van der Waals surface area (Å²) in [6.45, 7) is 4.64. The molecule has 0 bridgehead atoms. The third kappa shape index (κ3) is 4.87. The van der Waals surface area contributed by atoms with E-state index in [1.807, 2.05) is 6.20 Å². The first-order valence-corrected chi connectivity index (χ1v) is 15.6. The van der Waals surface area contributed by atoms with Crippen LogP contribution in [0.25, 0.3) is 66.9 Å². The molecular weight excluding hydrogens is 542 g/mol. The van der Waals surface area contributed by atoms with E-state index in [0.29, 0.717) is 0 Å². The van der Waals surface area contributed by atoms with Gasteiger partial charge in [-0.15, -0.1) is 0 Å². The molecule has 6 aromatic carbocycles. The van der Waals surface area contributed by atoms with Gasteiger partial charge in [-0.05, 0) is 91.5 Å². The Balaban J connectivity index is 1.07. The third-order valence-electron chi connectivity index (χ3n) is 9.34. The van der Waals surface area contributed by atoms with Gasteiger partial charge in [-0.25, -0.2) is 0 Å². The number of rotatable bonds is 5. The largest absolute Gasteiger partial charge is 0.256 e. The molecule has 1 heteroatoms. The van der Waals surface area contributed by atoms with Crippen LogP contribution in [-0.2, 0) is 5.41 Å². The molecule has 214 valence electrons. The molecular formula is C44H33N. The molecule has 7 aromatic rings. The van der Waals surface area contributed by atoms with Gasteiger partial charge in [0, 0.05) is 22.7 Å². The second-order valence-corrected chi connectivity index (χ2v) is 12.5. The number of pyridine rings is 1. The zero-order chi connectivity index (χ0) is 30.4. The van der Waals surface area contributed by atoms with Crippen molar-refractivity contribution >= 4 is 0 Å². The van der Waals surface area contributed by atoms with Gasteiger partial charge in [0.05, 0.1) is 5.69 Å². The Hall–Kier alpha value is -5.53. The van der Waals surface area contributed by atoms with Crippen molar-refractivity contribution in [1.82, 2.24) is 4.98 Å². The summed E-state index contributed by atoms with van der Waals surface area (Å²) in [4.78, 5) is 4.94. The van der Waals surface area contributed by atoms with Crippen molar-refractivity contribution in [2.24, 2.45) is 0 Å². The second-order valence-electron chi connectivity index (χ2n) is 12.5. The average Bonchev–Trinajstić information content (AvgIpc) is 3.34. The first-order chi connectivity index (χ1) is 22.0. The quantitative estimate of drug-likeness (QED) is 0.199. The minimum atomic E-state index is -0.0235. The van der Waals surface area contributed by atoms with Gasteiger partial charge >= 0.3 is 0 Å². The molecule has 0 radical (unpaired) electrons. The SMILES string of the molecule is CC1(C)c2ccccc2-c2ccc(-c3ccc(-c4cccc(-c5cccc(-c6cccc(-c7ccccc7)c6)c5)c4)cn3)cc21. The Bertz CT molecular complexity index is 2170. The maximum absolute atomic E-state index is 4.94. The predicted molar refractivity (Wildman–Crippen MR) is 189 cm³/mol. The standard InChI is InChI=1S/C44H33N/c1-44(2)41-20-7-6-19-39(41)40-23-21-37(28-42(40)44)43-24-22-38(29-45-43)36-18-10-17-35(27-36)34-16-9-15-33(26-34)32-14-8-13-31(25-32)30-11-4-3-5-12-30/h3-29H,1-2H3. The van der Waals surface area contributed by atoms with E-state index in [9.17, 15) is 0 Å². The third-order valence-corrected chi connectivity index (χ3v) is 9.34. The summed E-state index contributed by atoms with van der Waals surface area (Å²) >= 11 is 0. The summed E-state index contributed by atoms with van der Waals surface area (Å²) in [5.74, 6) is 0. The molecule has 0 fully saturated rings. The fraction of sp³-hybridized carbons (Fsp3) is 0.0682. The Morgan fingerprint density at radius 2 is 0.844 bits per heavy atom. The molecule has 0 amide bonds. The van der Waals surface area contributed by atoms with Gasteiger partial charge in [-0.2, -0.15) is 0 Å². The minimum Gasteiger partial charge on any atom is -0.256 e. The highest BCUT2D eigenvalue weighted by atomic mass is 14.7. The molecule has 1 heterocycles. The summed E-state index contributed by atoms with van der Waals surface area (Å²) in [6.07, 6.45) is 2.01. The van der Waals surface area contributed by atoms with E-state index in [2.05, 4.69) is 172 Å². The molecule has 0 saturated carbocycles. The highest BCUT2D eigenvalue weighted by Crippen LogP contribution is 2.49. The summed E-state index contributed by atoms with van der Waals surface area (Å²) < 4.78 is 0. The second kappa shape index (κ2) is 10.9. The number of hydrogen-bond acceptors (Lipinski definition) is 1. The Morgan fingerprint density at radius 3 is 1.44 bits per heavy atom. The molecule has 0 N–H and O–H groups in total. The van der Waals surface area contributed by atoms with Crippen molar-refractivity contribution in [3.8, 4) is 66.9 Å². The van der Waals surface area contributed by atoms with Gasteiger partial charge < -0.3 is 0 Å². The van der Waals surface area contributed by atoms with E-state index in [0.717, 1.165) is 22.4 Å². The van der Waals surface area contributed by atoms with Gasteiger partial charge in [-0.3, -0.25) is 4.98 Å². The smallest absolute Gasteiger partial charge is 0.0702 e. The first-order valence-electron chi connectivity index (χ1n) is 15.6. The van der Waals surface area contributed by atoms with Crippen LogP contribution in [0.15, 0.2) is 164 Å². The van der Waals surface area contributed by atoms with Crippen molar-refractivity contribution in [2.75, 3.05) is 0 Å². The Labute approximate surface area is 265 Å². The number of hydrogen-bond donors (Lipinski definition) is 0. The predicted octanol–water partition coefficient (Wildman–Crippen LogP) is 11.7. The van der Waals surface area contributed by atoms with Gasteiger partial charge in [-0.1, -0.05) is 141 Å². The Kier molecular flexibility index (Phi) is 6.54. The van der Waals surface area contributed by atoms with Gasteiger partial charge in [0.15, 0.2) is 0 Å². The van der Waals surface area contributed by atoms with Gasteiger partial charge in [0.2, 0.25) is 0 Å². The molecule has 0 atom stereocenters. The number of fused-ring (bicyclic) bond motifs is 3. The van der Waals surface area contributed by atoms with Crippen LogP contribution in [0, 0.1) is 0 Å². The van der Waals surface area contributed by atoms with Gasteiger partial charge in [0.1, 0.15) is 0 Å². The van der Waals surface area contributed by atoms with E-state index < -0.39 is 0 Å². The summed E-state index contributed by atoms with van der Waals surface area (Å²) in [6, 6.07) is 56.9. The van der Waals surface area contributed by atoms with Crippen LogP contribution in [0.2, 0.25) is 0 Å². The van der Waals surface area contributed by atoms with Crippen molar-refractivity contribution in [1.29, 1.82) is 0 Å². The highest BCUT2D eigenvalue weighted by Gasteiger charge is 2.35. The van der Waals surface area contributed by atoms with Crippen molar-refractivity contribution in [3.63, 3.8) is 0 Å². The van der Waals surface area contributed by atoms with Crippen LogP contribution < -0.4 is 0 Å². The molecule has 0 unspecified atom stereocenters. The minimum absolute atomic E-state index is 0.0235. The Morgan fingerprint density at radius 1 is 0.356 bits per heavy atom. The fourth-order valence-electron chi connectivity index (χ4n) is 6.86. The molecule has 45 heavy (non-hydrogen) atoms. The zero-order valence-corrected chi connectivity index (χ0v) is 25.5.